The van der Waals surface area contributed by atoms with Crippen LogP contribution in [0.5, 0.6) is 0 Å². The number of aryl methyl sites for hydroxylation is 1. The molecule has 0 bridgehead atoms. The summed E-state index contributed by atoms with van der Waals surface area (Å²) in [4.78, 5) is 15.1. The van der Waals surface area contributed by atoms with Crippen LogP contribution in [0.15, 0.2) is 55.0 Å². The number of aromatic nitrogens is 2. The summed E-state index contributed by atoms with van der Waals surface area (Å²) >= 11 is 0. The fourth-order valence-electron chi connectivity index (χ4n) is 2.51. The number of nitrogens with one attached hydrogen (secondary N) is 2. The number of para-hydroxylation sites is 1. The SMILES string of the molecule is O=C(CCn1cccc1)NCCc1c[nH]c2ccccc12. The Kier molecular flexibility index (Phi) is 4.05. The van der Waals surface area contributed by atoms with Gasteiger partial charge in [0.25, 0.3) is 0 Å². The minimum absolute atomic E-state index is 0.101. The Morgan fingerprint density at radius 2 is 1.95 bits per heavy atom. The van der Waals surface area contributed by atoms with Crippen LogP contribution in [0.3, 0.4) is 0 Å². The van der Waals surface area contributed by atoms with E-state index in [0.717, 1.165) is 18.5 Å². The maximum absolute atomic E-state index is 11.8. The number of nitrogens with zero attached hydrogens (tertiary/aromatic N) is 1. The van der Waals surface area contributed by atoms with Crippen LogP contribution in [0.25, 0.3) is 10.9 Å². The molecule has 2 heterocycles. The molecule has 0 saturated heterocycles. The van der Waals surface area contributed by atoms with Gasteiger partial charge in [-0.2, -0.15) is 0 Å². The molecule has 0 aliphatic carbocycles. The maximum Gasteiger partial charge on any atom is 0.221 e. The number of fused-ring (bicyclic) bond motifs is 1. The average Bonchev–Trinajstić information content (AvgIpc) is 3.15. The smallest absolute Gasteiger partial charge is 0.221 e. The van der Waals surface area contributed by atoms with Crippen LogP contribution in [0, 0.1) is 0 Å². The van der Waals surface area contributed by atoms with Gasteiger partial charge in [-0.15, -0.1) is 0 Å². The summed E-state index contributed by atoms with van der Waals surface area (Å²) in [6.45, 7) is 1.40. The zero-order chi connectivity index (χ0) is 14.5. The molecule has 4 nitrogen and oxygen atoms in total. The van der Waals surface area contributed by atoms with Crippen LogP contribution in [0.2, 0.25) is 0 Å². The highest BCUT2D eigenvalue weighted by Gasteiger charge is 2.04. The Hall–Kier alpha value is -2.49. The monoisotopic (exact) mass is 281 g/mol. The van der Waals surface area contributed by atoms with E-state index in [4.69, 9.17) is 0 Å². The van der Waals surface area contributed by atoms with Gasteiger partial charge in [-0.25, -0.2) is 0 Å². The molecule has 3 rings (SSSR count). The first kappa shape index (κ1) is 13.5. The lowest BCUT2D eigenvalue weighted by atomic mass is 10.1. The molecule has 4 heteroatoms. The van der Waals surface area contributed by atoms with Crippen LogP contribution in [-0.4, -0.2) is 22.0 Å². The van der Waals surface area contributed by atoms with Crippen LogP contribution in [0.1, 0.15) is 12.0 Å². The van der Waals surface area contributed by atoms with Crippen molar-refractivity contribution in [3.63, 3.8) is 0 Å². The number of rotatable bonds is 6. The topological polar surface area (TPSA) is 49.8 Å². The van der Waals surface area contributed by atoms with E-state index < -0.39 is 0 Å². The van der Waals surface area contributed by atoms with Gasteiger partial charge < -0.3 is 14.9 Å². The minimum Gasteiger partial charge on any atom is -0.361 e. The van der Waals surface area contributed by atoms with Gasteiger partial charge in [0, 0.05) is 49.0 Å². The lowest BCUT2D eigenvalue weighted by Crippen LogP contribution is -2.26. The predicted octanol–water partition coefficient (Wildman–Crippen LogP) is 2.72. The normalized spacial score (nSPS) is 10.9. The molecule has 1 amide bonds. The molecule has 1 aromatic carbocycles. The van der Waals surface area contributed by atoms with Crippen LogP contribution in [-0.2, 0) is 17.8 Å². The number of carbonyl (C=O) groups is 1. The summed E-state index contributed by atoms with van der Waals surface area (Å²) in [7, 11) is 0. The molecule has 0 spiro atoms. The second kappa shape index (κ2) is 6.31. The minimum atomic E-state index is 0.101. The summed E-state index contributed by atoms with van der Waals surface area (Å²) in [5.74, 6) is 0.101. The summed E-state index contributed by atoms with van der Waals surface area (Å²) in [5, 5.41) is 4.22. The molecule has 0 saturated carbocycles. The first-order chi connectivity index (χ1) is 10.3. The van der Waals surface area contributed by atoms with E-state index in [2.05, 4.69) is 22.4 Å². The third-order valence-electron chi connectivity index (χ3n) is 3.65. The second-order valence-electron chi connectivity index (χ2n) is 5.13. The number of hydrogen-bond donors (Lipinski definition) is 2. The molecule has 108 valence electrons. The molecule has 0 aliphatic rings. The van der Waals surface area contributed by atoms with Gasteiger partial charge in [-0.05, 0) is 30.2 Å². The zero-order valence-corrected chi connectivity index (χ0v) is 11.9. The Bertz CT molecular complexity index is 713. The molecular formula is C17H19N3O. The largest absolute Gasteiger partial charge is 0.361 e. The highest BCUT2D eigenvalue weighted by molar-refractivity contribution is 5.83. The van der Waals surface area contributed by atoms with Crippen molar-refractivity contribution >= 4 is 16.8 Å². The molecule has 0 radical (unpaired) electrons. The third kappa shape index (κ3) is 3.34. The van der Waals surface area contributed by atoms with Crippen LogP contribution < -0.4 is 5.32 Å². The van der Waals surface area contributed by atoms with Crippen molar-refractivity contribution in [2.75, 3.05) is 6.54 Å². The predicted molar refractivity (Wildman–Crippen MR) is 84.1 cm³/mol. The van der Waals surface area contributed by atoms with Crippen molar-refractivity contribution in [3.8, 4) is 0 Å². The first-order valence-electron chi connectivity index (χ1n) is 7.25. The van der Waals surface area contributed by atoms with Gasteiger partial charge >= 0.3 is 0 Å². The summed E-state index contributed by atoms with van der Waals surface area (Å²) in [6.07, 6.45) is 7.33. The fourth-order valence-corrected chi connectivity index (χ4v) is 2.51. The Balaban J connectivity index is 1.46. The second-order valence-corrected chi connectivity index (χ2v) is 5.13. The fraction of sp³-hybridized carbons (Fsp3) is 0.235. The number of hydrogen-bond acceptors (Lipinski definition) is 1. The van der Waals surface area contributed by atoms with E-state index in [1.54, 1.807) is 0 Å². The van der Waals surface area contributed by atoms with E-state index in [-0.39, 0.29) is 5.91 Å². The molecule has 2 N–H and O–H groups in total. The van der Waals surface area contributed by atoms with Crippen molar-refractivity contribution in [1.29, 1.82) is 0 Å². The molecule has 2 aromatic heterocycles. The van der Waals surface area contributed by atoms with E-state index in [1.807, 2.05) is 47.4 Å². The Labute approximate surface area is 123 Å². The van der Waals surface area contributed by atoms with Gasteiger partial charge in [-0.1, -0.05) is 18.2 Å². The van der Waals surface area contributed by atoms with E-state index in [0.29, 0.717) is 13.0 Å². The molecule has 3 aromatic rings. The van der Waals surface area contributed by atoms with E-state index in [1.165, 1.54) is 10.9 Å². The first-order valence-corrected chi connectivity index (χ1v) is 7.25. The number of benzene rings is 1. The Morgan fingerprint density at radius 3 is 2.81 bits per heavy atom. The summed E-state index contributed by atoms with van der Waals surface area (Å²) < 4.78 is 2.01. The van der Waals surface area contributed by atoms with Gasteiger partial charge in [-0.3, -0.25) is 4.79 Å². The standard InChI is InChI=1S/C17H19N3O/c21-17(8-12-20-10-3-4-11-20)18-9-7-14-13-19-16-6-2-1-5-15(14)16/h1-6,10-11,13,19H,7-9,12H2,(H,18,21). The highest BCUT2D eigenvalue weighted by atomic mass is 16.1. The number of aromatic amines is 1. The number of carbonyl (C=O) groups excluding carboxylic acids is 1. The highest BCUT2D eigenvalue weighted by Crippen LogP contribution is 2.17. The summed E-state index contributed by atoms with van der Waals surface area (Å²) in [5.41, 5.74) is 2.39. The molecule has 0 aliphatic heterocycles. The van der Waals surface area contributed by atoms with Crippen molar-refractivity contribution in [1.82, 2.24) is 14.9 Å². The molecule has 0 unspecified atom stereocenters. The number of amides is 1. The van der Waals surface area contributed by atoms with Crippen molar-refractivity contribution in [2.24, 2.45) is 0 Å². The molecular weight excluding hydrogens is 262 g/mol. The quantitative estimate of drug-likeness (QED) is 0.717. The average molecular weight is 281 g/mol. The lowest BCUT2D eigenvalue weighted by molar-refractivity contribution is -0.121. The molecule has 0 fully saturated rings. The number of H-pyrrole nitrogens is 1. The van der Waals surface area contributed by atoms with Crippen molar-refractivity contribution in [2.45, 2.75) is 19.4 Å². The van der Waals surface area contributed by atoms with Crippen molar-refractivity contribution < 1.29 is 4.79 Å². The van der Waals surface area contributed by atoms with Gasteiger partial charge in [0.05, 0.1) is 0 Å². The van der Waals surface area contributed by atoms with Gasteiger partial charge in [0.15, 0.2) is 0 Å². The zero-order valence-electron chi connectivity index (χ0n) is 11.9. The summed E-state index contributed by atoms with van der Waals surface area (Å²) in [6, 6.07) is 12.2. The lowest BCUT2D eigenvalue weighted by Gasteiger charge is -2.05. The van der Waals surface area contributed by atoms with E-state index in [9.17, 15) is 4.79 Å². The van der Waals surface area contributed by atoms with Crippen LogP contribution in [0.4, 0.5) is 0 Å². The van der Waals surface area contributed by atoms with Gasteiger partial charge in [0.2, 0.25) is 5.91 Å². The van der Waals surface area contributed by atoms with Crippen molar-refractivity contribution in [3.05, 3.63) is 60.6 Å². The third-order valence-corrected chi connectivity index (χ3v) is 3.65. The maximum atomic E-state index is 11.8. The Morgan fingerprint density at radius 1 is 1.14 bits per heavy atom. The van der Waals surface area contributed by atoms with Gasteiger partial charge in [0.1, 0.15) is 0 Å². The van der Waals surface area contributed by atoms with E-state index >= 15 is 0 Å². The molecule has 21 heavy (non-hydrogen) atoms. The molecule has 0 atom stereocenters. The van der Waals surface area contributed by atoms with Crippen LogP contribution >= 0.6 is 0 Å².